The molecule has 8 nitrogen and oxygen atoms in total. The molecule has 1 amide bonds. The molecule has 1 saturated carbocycles. The second-order valence-electron chi connectivity index (χ2n) is 10.4. The van der Waals surface area contributed by atoms with Crippen molar-refractivity contribution in [1.29, 1.82) is 0 Å². The number of ketones is 1. The highest BCUT2D eigenvalue weighted by Gasteiger charge is 2.62. The van der Waals surface area contributed by atoms with Crippen LogP contribution in [-0.4, -0.2) is 56.9 Å². The van der Waals surface area contributed by atoms with Crippen molar-refractivity contribution in [2.45, 2.75) is 31.2 Å². The number of amides is 1. The summed E-state index contributed by atoms with van der Waals surface area (Å²) < 4.78 is 29.8. The Kier molecular flexibility index (Phi) is 4.91. The Morgan fingerprint density at radius 2 is 2.00 bits per heavy atom. The van der Waals surface area contributed by atoms with E-state index in [2.05, 4.69) is 19.9 Å². The fourth-order valence-corrected chi connectivity index (χ4v) is 6.65. The standard InChI is InChI=1S/C27H21ClF2N6O2/c28-17-9-32-8-15-22(14-5-12(37)6-18(29)23(14)17)16(11-36-21(38)7-27(3-4-27)24(15)36)26-33-10-19(34-26)13-1-2-20(31)35-25(13)30/h1-2,5-6,9-10,16,24H,3-4,7-8,11H2,(H2,31,35)(H,33,34)/t16?,24-/m0/s1. The van der Waals surface area contributed by atoms with E-state index >= 15 is 4.39 Å². The highest BCUT2D eigenvalue weighted by Crippen LogP contribution is 2.62. The fourth-order valence-electron chi connectivity index (χ4n) is 6.39. The molecule has 1 spiro atoms. The topological polar surface area (TPSA) is 117 Å². The first-order chi connectivity index (χ1) is 18.3. The maximum absolute atomic E-state index is 15.2. The van der Waals surface area contributed by atoms with E-state index < -0.39 is 23.5 Å². The molecule has 1 unspecified atom stereocenters. The lowest BCUT2D eigenvalue weighted by Gasteiger charge is -2.42. The van der Waals surface area contributed by atoms with Crippen LogP contribution in [0, 0.1) is 11.4 Å². The number of aromatic nitrogens is 3. The van der Waals surface area contributed by atoms with Crippen molar-refractivity contribution < 1.29 is 18.4 Å². The minimum atomic E-state index is -0.751. The number of rotatable bonds is 2. The average molecular weight is 535 g/mol. The molecule has 1 saturated heterocycles. The van der Waals surface area contributed by atoms with Crippen LogP contribution in [0.5, 0.6) is 0 Å². The largest absolute Gasteiger partial charge is 0.384 e. The molecule has 3 aliphatic heterocycles. The SMILES string of the molecule is Nc1ccc(-c2cnc(C3CN4C(=O)CC5(CC5)[C@@H]4C4=C3C3=CC(=O)C=C(F)C3=C(Cl)C=NC4)[nH]2)c(F)n1. The Bertz CT molecular complexity index is 1610. The molecule has 2 aromatic heterocycles. The van der Waals surface area contributed by atoms with Gasteiger partial charge >= 0.3 is 0 Å². The first kappa shape index (κ1) is 23.2. The predicted molar refractivity (Wildman–Crippen MR) is 136 cm³/mol. The third-order valence-electron chi connectivity index (χ3n) is 8.16. The number of imidazole rings is 1. The van der Waals surface area contributed by atoms with Crippen LogP contribution in [-0.2, 0) is 9.59 Å². The van der Waals surface area contributed by atoms with Crippen LogP contribution >= 0.6 is 11.6 Å². The van der Waals surface area contributed by atoms with Gasteiger partial charge in [-0.25, -0.2) is 14.4 Å². The summed E-state index contributed by atoms with van der Waals surface area (Å²) in [6, 6.07) is 2.79. The highest BCUT2D eigenvalue weighted by atomic mass is 35.5. The lowest BCUT2D eigenvalue weighted by Crippen LogP contribution is -2.46. The zero-order valence-corrected chi connectivity index (χ0v) is 20.7. The summed E-state index contributed by atoms with van der Waals surface area (Å²) >= 11 is 6.48. The Labute approximate surface area is 220 Å². The fraction of sp³-hybridized carbons (Fsp3) is 0.296. The molecule has 0 aromatic carbocycles. The van der Waals surface area contributed by atoms with Crippen molar-refractivity contribution in [3.8, 4) is 11.3 Å². The number of nitrogens with one attached hydrogen (secondary N) is 1. The van der Waals surface area contributed by atoms with Crippen LogP contribution in [0.1, 0.15) is 31.0 Å². The van der Waals surface area contributed by atoms with Gasteiger partial charge in [0.25, 0.3) is 0 Å². The van der Waals surface area contributed by atoms with Crippen molar-refractivity contribution in [1.82, 2.24) is 19.9 Å². The molecule has 2 aromatic rings. The van der Waals surface area contributed by atoms with E-state index in [1.165, 1.54) is 30.6 Å². The summed E-state index contributed by atoms with van der Waals surface area (Å²) in [4.78, 5) is 43.6. The number of halogens is 3. The number of aliphatic imine (C=N–C) groups is 1. The lowest BCUT2D eigenvalue weighted by atomic mass is 9.74. The highest BCUT2D eigenvalue weighted by molar-refractivity contribution is 6.40. The van der Waals surface area contributed by atoms with Crippen molar-refractivity contribution in [3.05, 3.63) is 75.4 Å². The second-order valence-corrected chi connectivity index (χ2v) is 10.8. The van der Waals surface area contributed by atoms with Crippen LogP contribution in [0.4, 0.5) is 14.6 Å². The van der Waals surface area contributed by atoms with Gasteiger partial charge in [-0.2, -0.15) is 4.39 Å². The van der Waals surface area contributed by atoms with Crippen LogP contribution < -0.4 is 5.73 Å². The molecule has 192 valence electrons. The van der Waals surface area contributed by atoms with Crippen molar-refractivity contribution in [2.75, 3.05) is 18.8 Å². The monoisotopic (exact) mass is 534 g/mol. The number of pyridine rings is 1. The Morgan fingerprint density at radius 3 is 2.76 bits per heavy atom. The second kappa shape index (κ2) is 8.04. The van der Waals surface area contributed by atoms with Gasteiger partial charge < -0.3 is 15.6 Å². The van der Waals surface area contributed by atoms with Crippen LogP contribution in [0.2, 0.25) is 0 Å². The Morgan fingerprint density at radius 1 is 1.18 bits per heavy atom. The molecule has 2 fully saturated rings. The molecule has 11 heteroatoms. The van der Waals surface area contributed by atoms with Gasteiger partial charge in [0.15, 0.2) is 5.78 Å². The van der Waals surface area contributed by atoms with E-state index in [1.807, 2.05) is 4.90 Å². The molecule has 2 aliphatic carbocycles. The molecule has 5 aliphatic rings. The summed E-state index contributed by atoms with van der Waals surface area (Å²) in [5, 5.41) is 0.0871. The first-order valence-corrected chi connectivity index (χ1v) is 12.7. The summed E-state index contributed by atoms with van der Waals surface area (Å²) in [5.74, 6) is -2.00. The maximum Gasteiger partial charge on any atom is 0.224 e. The predicted octanol–water partition coefficient (Wildman–Crippen LogP) is 3.91. The number of carbonyl (C=O) groups excluding carboxylic acids is 2. The Hall–Kier alpha value is -3.92. The number of aromatic amines is 1. The zero-order valence-electron chi connectivity index (χ0n) is 20.0. The van der Waals surface area contributed by atoms with Crippen LogP contribution in [0.3, 0.4) is 0 Å². The van der Waals surface area contributed by atoms with Gasteiger partial charge in [0.1, 0.15) is 17.5 Å². The van der Waals surface area contributed by atoms with Gasteiger partial charge in [-0.05, 0) is 47.8 Å². The quantitative estimate of drug-likeness (QED) is 0.567. The number of carbonyl (C=O) groups is 2. The third-order valence-corrected chi connectivity index (χ3v) is 8.44. The van der Waals surface area contributed by atoms with Crippen LogP contribution in [0.15, 0.2) is 68.6 Å². The number of nitrogen functional groups attached to an aromatic ring is 1. The normalized spacial score (nSPS) is 25.6. The number of fused-ring (bicyclic) bond motifs is 5. The summed E-state index contributed by atoms with van der Waals surface area (Å²) in [6.07, 6.45) is 7.45. The summed E-state index contributed by atoms with van der Waals surface area (Å²) in [7, 11) is 0. The smallest absolute Gasteiger partial charge is 0.224 e. The van der Waals surface area contributed by atoms with E-state index in [0.29, 0.717) is 29.1 Å². The molecule has 0 bridgehead atoms. The van der Waals surface area contributed by atoms with Gasteiger partial charge in [-0.3, -0.25) is 14.6 Å². The molecule has 0 radical (unpaired) electrons. The van der Waals surface area contributed by atoms with Gasteiger partial charge in [0.05, 0.1) is 41.0 Å². The molecule has 7 rings (SSSR count). The van der Waals surface area contributed by atoms with Crippen molar-refractivity contribution in [3.63, 3.8) is 0 Å². The lowest BCUT2D eigenvalue weighted by molar-refractivity contribution is -0.129. The number of hydrogen-bond donors (Lipinski definition) is 2. The number of nitrogens with zero attached hydrogens (tertiary/aromatic N) is 4. The number of anilines is 1. The van der Waals surface area contributed by atoms with Gasteiger partial charge in [-0.1, -0.05) is 11.6 Å². The average Bonchev–Trinajstić information content (AvgIpc) is 3.34. The number of hydrogen-bond acceptors (Lipinski definition) is 6. The summed E-state index contributed by atoms with van der Waals surface area (Å²) in [5.41, 5.74) is 7.99. The van der Waals surface area contributed by atoms with Crippen molar-refractivity contribution in [2.24, 2.45) is 10.4 Å². The number of nitrogens with two attached hydrogens (primary N) is 1. The molecule has 2 atom stereocenters. The van der Waals surface area contributed by atoms with E-state index in [4.69, 9.17) is 17.3 Å². The minimum absolute atomic E-state index is 0.0456. The Balaban J connectivity index is 1.43. The number of H-pyrrole nitrogens is 1. The third kappa shape index (κ3) is 3.36. The van der Waals surface area contributed by atoms with Crippen LogP contribution in [0.25, 0.3) is 11.3 Å². The maximum atomic E-state index is 15.2. The van der Waals surface area contributed by atoms with E-state index in [0.717, 1.165) is 24.5 Å². The van der Waals surface area contributed by atoms with Crippen molar-refractivity contribution >= 4 is 35.3 Å². The molecular formula is C27H21ClF2N6O2. The van der Waals surface area contributed by atoms with Gasteiger partial charge in [0, 0.05) is 36.2 Å². The molecular weight excluding hydrogens is 514 g/mol. The molecule has 5 heterocycles. The molecule has 3 N–H and O–H groups in total. The van der Waals surface area contributed by atoms with Gasteiger partial charge in [-0.15, -0.1) is 0 Å². The zero-order chi connectivity index (χ0) is 26.3. The molecule has 38 heavy (non-hydrogen) atoms. The first-order valence-electron chi connectivity index (χ1n) is 12.3. The van der Waals surface area contributed by atoms with E-state index in [9.17, 15) is 14.0 Å². The van der Waals surface area contributed by atoms with E-state index in [1.54, 1.807) is 0 Å². The minimum Gasteiger partial charge on any atom is -0.384 e. The number of allylic oxidation sites excluding steroid dienone is 6. The van der Waals surface area contributed by atoms with E-state index in [-0.39, 0.29) is 52.4 Å². The summed E-state index contributed by atoms with van der Waals surface area (Å²) in [6.45, 7) is 0.511. The van der Waals surface area contributed by atoms with Gasteiger partial charge in [0.2, 0.25) is 11.9 Å².